The highest BCUT2D eigenvalue weighted by Gasteiger charge is 2.34. The molecule has 0 unspecified atom stereocenters. The molecule has 2 atom stereocenters. The number of aromatic nitrogens is 4. The number of carbonyl (C=O) groups excluding carboxylic acids is 1. The molecule has 4 heterocycles. The summed E-state index contributed by atoms with van der Waals surface area (Å²) in [5.41, 5.74) is 0.189. The summed E-state index contributed by atoms with van der Waals surface area (Å²) in [7, 11) is 0. The van der Waals surface area contributed by atoms with Gasteiger partial charge >= 0.3 is 0 Å². The van der Waals surface area contributed by atoms with Crippen LogP contribution in [0, 0.1) is 12.8 Å². The number of nitrogens with zero attached hydrogens (tertiary/aromatic N) is 5. The van der Waals surface area contributed by atoms with Gasteiger partial charge in [0.05, 0.1) is 18.7 Å². The molecule has 1 amide bonds. The van der Waals surface area contributed by atoms with Crippen LogP contribution >= 0.6 is 0 Å². The first-order valence-corrected chi connectivity index (χ1v) is 12.6. The van der Waals surface area contributed by atoms with Crippen LogP contribution in [0.2, 0.25) is 0 Å². The predicted molar refractivity (Wildman–Crippen MR) is 136 cm³/mol. The van der Waals surface area contributed by atoms with Crippen molar-refractivity contribution in [3.8, 4) is 0 Å². The number of rotatable bonds is 8. The Kier molecular flexibility index (Phi) is 7.73. The van der Waals surface area contributed by atoms with E-state index in [2.05, 4.69) is 60.4 Å². The molecule has 0 bridgehead atoms. The lowest BCUT2D eigenvalue weighted by molar-refractivity contribution is 0.0603. The zero-order valence-electron chi connectivity index (χ0n) is 22.0. The summed E-state index contributed by atoms with van der Waals surface area (Å²) in [6.07, 6.45) is 4.03. The first-order chi connectivity index (χ1) is 17.1. The molecule has 1 fully saturated rings. The van der Waals surface area contributed by atoms with Crippen molar-refractivity contribution in [3.63, 3.8) is 0 Å². The van der Waals surface area contributed by atoms with E-state index in [0.29, 0.717) is 48.6 Å². The Bertz CT molecular complexity index is 1150. The van der Waals surface area contributed by atoms with Crippen molar-refractivity contribution in [3.05, 3.63) is 53.5 Å². The molecule has 0 aliphatic carbocycles. The minimum atomic E-state index is -0.261. The number of nitrogens with one attached hydrogen (secondary N) is 2. The van der Waals surface area contributed by atoms with Crippen LogP contribution in [0.1, 0.15) is 80.7 Å². The molecule has 2 N–H and O–H groups in total. The van der Waals surface area contributed by atoms with E-state index in [1.807, 2.05) is 17.0 Å². The molecular weight excluding hydrogens is 458 g/mol. The third-order valence-corrected chi connectivity index (χ3v) is 6.18. The number of hydrogen-bond acceptors (Lipinski definition) is 9. The van der Waals surface area contributed by atoms with Gasteiger partial charge in [0.25, 0.3) is 5.91 Å². The molecule has 3 aromatic heterocycles. The SMILES string of the molecule is Cc1nnc([C@@H]2CNC[C@@H](N(CC(C)C)C(=O)c3cnc(C(C)(C)C)nc3NCc3ccco3)C2)o1. The topological polar surface area (TPSA) is 122 Å². The smallest absolute Gasteiger partial charge is 0.259 e. The van der Waals surface area contributed by atoms with E-state index >= 15 is 0 Å². The molecule has 3 aromatic rings. The van der Waals surface area contributed by atoms with Crippen LogP contribution in [-0.4, -0.2) is 56.6 Å². The number of amides is 1. The highest BCUT2D eigenvalue weighted by atomic mass is 16.4. The molecule has 0 saturated carbocycles. The normalized spacial score (nSPS) is 18.4. The fourth-order valence-electron chi connectivity index (χ4n) is 4.39. The second kappa shape index (κ2) is 10.8. The Morgan fingerprint density at radius 3 is 2.72 bits per heavy atom. The quantitative estimate of drug-likeness (QED) is 0.479. The van der Waals surface area contributed by atoms with E-state index in [0.717, 1.165) is 18.7 Å². The van der Waals surface area contributed by atoms with Crippen molar-refractivity contribution in [1.29, 1.82) is 0 Å². The van der Waals surface area contributed by atoms with Gasteiger partial charge in [-0.15, -0.1) is 10.2 Å². The van der Waals surface area contributed by atoms with Gasteiger partial charge in [-0.1, -0.05) is 34.6 Å². The maximum absolute atomic E-state index is 14.1. The molecule has 4 rings (SSSR count). The van der Waals surface area contributed by atoms with E-state index in [9.17, 15) is 4.79 Å². The average molecular weight is 496 g/mol. The van der Waals surface area contributed by atoms with Crippen LogP contribution in [0.15, 0.2) is 33.4 Å². The molecule has 0 radical (unpaired) electrons. The zero-order valence-corrected chi connectivity index (χ0v) is 22.0. The number of piperidine rings is 1. The molecule has 10 heteroatoms. The Morgan fingerprint density at radius 2 is 2.08 bits per heavy atom. The summed E-state index contributed by atoms with van der Waals surface area (Å²) in [5.74, 6) is 3.34. The summed E-state index contributed by atoms with van der Waals surface area (Å²) in [5, 5.41) is 15.0. The van der Waals surface area contributed by atoms with Crippen molar-refractivity contribution in [1.82, 2.24) is 30.4 Å². The lowest BCUT2D eigenvalue weighted by atomic mass is 9.93. The van der Waals surface area contributed by atoms with Crippen LogP contribution in [0.3, 0.4) is 0 Å². The fourth-order valence-corrected chi connectivity index (χ4v) is 4.39. The van der Waals surface area contributed by atoms with Gasteiger partial charge in [0, 0.05) is 44.2 Å². The Labute approximate surface area is 212 Å². The molecule has 1 aliphatic heterocycles. The van der Waals surface area contributed by atoms with Gasteiger partial charge in [-0.25, -0.2) is 9.97 Å². The van der Waals surface area contributed by atoms with Crippen LogP contribution in [0.5, 0.6) is 0 Å². The molecular formula is C26H37N7O3. The maximum Gasteiger partial charge on any atom is 0.259 e. The minimum absolute atomic E-state index is 0.0360. The number of carbonyl (C=O) groups is 1. The van der Waals surface area contributed by atoms with Crippen LogP contribution in [0.4, 0.5) is 5.82 Å². The Morgan fingerprint density at radius 1 is 1.28 bits per heavy atom. The first-order valence-electron chi connectivity index (χ1n) is 12.6. The number of aryl methyl sites for hydroxylation is 1. The predicted octanol–water partition coefficient (Wildman–Crippen LogP) is 3.91. The van der Waals surface area contributed by atoms with Gasteiger partial charge in [-0.2, -0.15) is 0 Å². The van der Waals surface area contributed by atoms with Crippen LogP contribution in [0.25, 0.3) is 0 Å². The summed E-state index contributed by atoms with van der Waals surface area (Å²) >= 11 is 0. The highest BCUT2D eigenvalue weighted by molar-refractivity contribution is 5.98. The lowest BCUT2D eigenvalue weighted by Crippen LogP contribution is -2.52. The van der Waals surface area contributed by atoms with Crippen molar-refractivity contribution < 1.29 is 13.6 Å². The van der Waals surface area contributed by atoms with E-state index in [1.54, 1.807) is 19.4 Å². The minimum Gasteiger partial charge on any atom is -0.467 e. The van der Waals surface area contributed by atoms with Gasteiger partial charge in [0.1, 0.15) is 23.0 Å². The third kappa shape index (κ3) is 6.10. The Balaban J connectivity index is 1.63. The number of anilines is 1. The summed E-state index contributed by atoms with van der Waals surface area (Å²) in [6, 6.07) is 3.69. The van der Waals surface area contributed by atoms with E-state index in [1.165, 1.54) is 0 Å². The van der Waals surface area contributed by atoms with Gasteiger partial charge in [-0.3, -0.25) is 4.79 Å². The summed E-state index contributed by atoms with van der Waals surface area (Å²) in [6.45, 7) is 14.6. The van der Waals surface area contributed by atoms with Crippen molar-refractivity contribution in [2.45, 2.75) is 71.9 Å². The Hall–Kier alpha value is -3.27. The van der Waals surface area contributed by atoms with E-state index in [-0.39, 0.29) is 29.2 Å². The highest BCUT2D eigenvalue weighted by Crippen LogP contribution is 2.28. The van der Waals surface area contributed by atoms with Crippen molar-refractivity contribution >= 4 is 11.7 Å². The van der Waals surface area contributed by atoms with Crippen molar-refractivity contribution in [2.75, 3.05) is 25.0 Å². The second-order valence-electron chi connectivity index (χ2n) is 10.9. The van der Waals surface area contributed by atoms with Gasteiger partial charge in [0.15, 0.2) is 0 Å². The molecule has 0 spiro atoms. The average Bonchev–Trinajstić information content (AvgIpc) is 3.52. The third-order valence-electron chi connectivity index (χ3n) is 6.18. The molecule has 1 aliphatic rings. The van der Waals surface area contributed by atoms with E-state index in [4.69, 9.17) is 13.8 Å². The molecule has 1 saturated heterocycles. The molecule has 194 valence electrons. The summed E-state index contributed by atoms with van der Waals surface area (Å²) in [4.78, 5) is 25.4. The number of furan rings is 1. The summed E-state index contributed by atoms with van der Waals surface area (Å²) < 4.78 is 11.2. The first kappa shape index (κ1) is 25.8. The molecule has 36 heavy (non-hydrogen) atoms. The standard InChI is InChI=1S/C26H37N7O3/c1-16(2)15-33(19-10-18(11-27-12-19)23-32-31-17(3)36-23)24(34)21-14-29-25(26(4,5)6)30-22(21)28-13-20-8-7-9-35-20/h7-9,14,16,18-19,27H,10-13,15H2,1-6H3,(H,28,29,30)/t18-,19-/m0/s1. The molecule has 0 aromatic carbocycles. The van der Waals surface area contributed by atoms with Crippen LogP contribution < -0.4 is 10.6 Å². The van der Waals surface area contributed by atoms with Crippen LogP contribution in [-0.2, 0) is 12.0 Å². The van der Waals surface area contributed by atoms with E-state index < -0.39 is 0 Å². The number of hydrogen-bond donors (Lipinski definition) is 2. The van der Waals surface area contributed by atoms with Gasteiger partial charge < -0.3 is 24.4 Å². The molecule has 10 nitrogen and oxygen atoms in total. The van der Waals surface area contributed by atoms with Crippen molar-refractivity contribution in [2.24, 2.45) is 5.92 Å². The second-order valence-corrected chi connectivity index (χ2v) is 10.9. The lowest BCUT2D eigenvalue weighted by Gasteiger charge is -2.38. The zero-order chi connectivity index (χ0) is 25.9. The monoisotopic (exact) mass is 495 g/mol. The fraction of sp³-hybridized carbons (Fsp3) is 0.577. The van der Waals surface area contributed by atoms with Gasteiger partial charge in [0.2, 0.25) is 11.8 Å². The van der Waals surface area contributed by atoms with Gasteiger partial charge in [-0.05, 0) is 24.5 Å². The maximum atomic E-state index is 14.1. The largest absolute Gasteiger partial charge is 0.467 e.